The normalized spacial score (nSPS) is 19.2. The molecule has 1 aliphatic heterocycles. The number of nitrogens with zero attached hydrogens (tertiary/aromatic N) is 3. The predicted molar refractivity (Wildman–Crippen MR) is 89.1 cm³/mol. The van der Waals surface area contributed by atoms with Gasteiger partial charge in [0.1, 0.15) is 23.2 Å². The van der Waals surface area contributed by atoms with Crippen molar-refractivity contribution in [3.05, 3.63) is 60.4 Å². The lowest BCUT2D eigenvalue weighted by Crippen LogP contribution is -2.49. The summed E-state index contributed by atoms with van der Waals surface area (Å²) in [6.45, 7) is 1.35. The first-order valence-corrected chi connectivity index (χ1v) is 8.26. The lowest BCUT2D eigenvalue weighted by atomic mass is 10.0. The molecule has 0 aliphatic carbocycles. The summed E-state index contributed by atoms with van der Waals surface area (Å²) >= 11 is 0. The Hall–Kier alpha value is -2.64. The second kappa shape index (κ2) is 6.70. The van der Waals surface area contributed by atoms with Crippen molar-refractivity contribution in [2.24, 2.45) is 0 Å². The van der Waals surface area contributed by atoms with Gasteiger partial charge in [0.2, 0.25) is 0 Å². The molecule has 25 heavy (non-hydrogen) atoms. The molecule has 130 valence electrons. The van der Waals surface area contributed by atoms with E-state index in [2.05, 4.69) is 4.98 Å². The van der Waals surface area contributed by atoms with Gasteiger partial charge in [0.15, 0.2) is 0 Å². The van der Waals surface area contributed by atoms with Crippen LogP contribution in [0.4, 0.5) is 0 Å². The minimum absolute atomic E-state index is 0.112. The van der Waals surface area contributed by atoms with Gasteiger partial charge in [0.05, 0.1) is 31.7 Å². The zero-order valence-corrected chi connectivity index (χ0v) is 13.6. The number of hydrogen-bond donors (Lipinski definition) is 1. The number of imidazole rings is 1. The highest BCUT2D eigenvalue weighted by Crippen LogP contribution is 2.24. The zero-order valence-electron chi connectivity index (χ0n) is 13.6. The fourth-order valence-electron chi connectivity index (χ4n) is 3.21. The standard InChI is InChI=1S/C18H19N3O4/c22-15(16-4-3-8-25-16)10-13-12-24-9-7-20(13)18(23)14-11-19-17-5-1-2-6-21(14)17/h1-6,8,11,13,15,22H,7,9-10,12H2. The Kier molecular flexibility index (Phi) is 4.25. The first-order valence-electron chi connectivity index (χ1n) is 8.26. The quantitative estimate of drug-likeness (QED) is 0.784. The fraction of sp³-hybridized carbons (Fsp3) is 0.333. The molecule has 1 saturated heterocycles. The summed E-state index contributed by atoms with van der Waals surface area (Å²) in [6, 6.07) is 8.84. The Morgan fingerprint density at radius 2 is 2.28 bits per heavy atom. The average molecular weight is 341 g/mol. The Balaban J connectivity index is 1.57. The van der Waals surface area contributed by atoms with Gasteiger partial charge in [-0.15, -0.1) is 0 Å². The number of hydrogen-bond acceptors (Lipinski definition) is 5. The number of carbonyl (C=O) groups excluding carboxylic acids is 1. The molecule has 1 fully saturated rings. The van der Waals surface area contributed by atoms with Crippen LogP contribution in [0.2, 0.25) is 0 Å². The molecular weight excluding hydrogens is 322 g/mol. The summed E-state index contributed by atoms with van der Waals surface area (Å²) in [5, 5.41) is 10.4. The highest BCUT2D eigenvalue weighted by Gasteiger charge is 2.32. The third-order valence-corrected chi connectivity index (χ3v) is 4.49. The SMILES string of the molecule is O=C(c1cnc2ccccn12)N1CCOCC1CC(O)c1ccco1. The summed E-state index contributed by atoms with van der Waals surface area (Å²) in [4.78, 5) is 19.1. The number of aromatic nitrogens is 2. The number of morpholine rings is 1. The van der Waals surface area contributed by atoms with Crippen molar-refractivity contribution in [1.82, 2.24) is 14.3 Å². The van der Waals surface area contributed by atoms with Crippen molar-refractivity contribution in [2.75, 3.05) is 19.8 Å². The molecule has 4 heterocycles. The first kappa shape index (κ1) is 15.9. The van der Waals surface area contributed by atoms with Gasteiger partial charge < -0.3 is 19.2 Å². The maximum Gasteiger partial charge on any atom is 0.272 e. The summed E-state index contributed by atoms with van der Waals surface area (Å²) in [6.07, 6.45) is 4.52. The van der Waals surface area contributed by atoms with E-state index in [4.69, 9.17) is 9.15 Å². The summed E-state index contributed by atoms with van der Waals surface area (Å²) in [5.74, 6) is 0.381. The number of aliphatic hydroxyl groups excluding tert-OH is 1. The molecule has 1 amide bonds. The predicted octanol–water partition coefficient (Wildman–Crippen LogP) is 1.89. The van der Waals surface area contributed by atoms with Crippen LogP contribution in [0.1, 0.15) is 28.8 Å². The molecule has 0 radical (unpaired) electrons. The van der Waals surface area contributed by atoms with Crippen LogP contribution in [-0.2, 0) is 4.74 Å². The Morgan fingerprint density at radius 3 is 3.12 bits per heavy atom. The topological polar surface area (TPSA) is 80.2 Å². The van der Waals surface area contributed by atoms with Crippen LogP contribution in [-0.4, -0.2) is 51.1 Å². The van der Waals surface area contributed by atoms with Gasteiger partial charge in [0.25, 0.3) is 5.91 Å². The number of rotatable bonds is 4. The smallest absolute Gasteiger partial charge is 0.272 e. The maximum absolute atomic E-state index is 13.1. The molecule has 2 unspecified atom stereocenters. The van der Waals surface area contributed by atoms with Crippen molar-refractivity contribution in [3.63, 3.8) is 0 Å². The van der Waals surface area contributed by atoms with Gasteiger partial charge in [0, 0.05) is 19.2 Å². The van der Waals surface area contributed by atoms with Gasteiger partial charge in [-0.05, 0) is 24.3 Å². The van der Waals surface area contributed by atoms with Crippen molar-refractivity contribution in [3.8, 4) is 0 Å². The van der Waals surface area contributed by atoms with E-state index in [-0.39, 0.29) is 11.9 Å². The first-order chi connectivity index (χ1) is 12.2. The number of fused-ring (bicyclic) bond motifs is 1. The molecule has 0 aromatic carbocycles. The van der Waals surface area contributed by atoms with Crippen LogP contribution >= 0.6 is 0 Å². The van der Waals surface area contributed by atoms with E-state index in [1.807, 2.05) is 24.4 Å². The summed E-state index contributed by atoms with van der Waals surface area (Å²) in [5.41, 5.74) is 1.24. The van der Waals surface area contributed by atoms with Gasteiger partial charge in [-0.1, -0.05) is 6.07 Å². The van der Waals surface area contributed by atoms with Crippen LogP contribution in [0.25, 0.3) is 5.65 Å². The van der Waals surface area contributed by atoms with E-state index >= 15 is 0 Å². The van der Waals surface area contributed by atoms with E-state index in [0.29, 0.717) is 37.6 Å². The molecule has 2 atom stereocenters. The van der Waals surface area contributed by atoms with E-state index < -0.39 is 6.10 Å². The summed E-state index contributed by atoms with van der Waals surface area (Å²) in [7, 11) is 0. The fourth-order valence-corrected chi connectivity index (χ4v) is 3.21. The highest BCUT2D eigenvalue weighted by atomic mass is 16.5. The Labute approximate surface area is 144 Å². The molecular formula is C18H19N3O4. The maximum atomic E-state index is 13.1. The molecule has 4 rings (SSSR count). The number of pyridine rings is 1. The lowest BCUT2D eigenvalue weighted by molar-refractivity contribution is -0.0198. The number of carbonyl (C=O) groups is 1. The van der Waals surface area contributed by atoms with Gasteiger partial charge in [-0.3, -0.25) is 9.20 Å². The monoisotopic (exact) mass is 341 g/mol. The van der Waals surface area contributed by atoms with Crippen LogP contribution < -0.4 is 0 Å². The third-order valence-electron chi connectivity index (χ3n) is 4.49. The molecule has 1 N–H and O–H groups in total. The number of aliphatic hydroxyl groups is 1. The zero-order chi connectivity index (χ0) is 17.2. The van der Waals surface area contributed by atoms with Gasteiger partial charge in [-0.25, -0.2) is 4.98 Å². The highest BCUT2D eigenvalue weighted by molar-refractivity contribution is 5.93. The molecule has 7 heteroatoms. The van der Waals surface area contributed by atoms with Gasteiger partial charge in [-0.2, -0.15) is 0 Å². The Bertz CT molecular complexity index is 858. The van der Waals surface area contributed by atoms with E-state index in [9.17, 15) is 9.90 Å². The third kappa shape index (κ3) is 3.04. The second-order valence-electron chi connectivity index (χ2n) is 6.07. The number of furan rings is 1. The van der Waals surface area contributed by atoms with Crippen LogP contribution in [0, 0.1) is 0 Å². The molecule has 3 aromatic heterocycles. The molecule has 7 nitrogen and oxygen atoms in total. The summed E-state index contributed by atoms with van der Waals surface area (Å²) < 4.78 is 12.6. The second-order valence-corrected chi connectivity index (χ2v) is 6.07. The van der Waals surface area contributed by atoms with E-state index in [1.54, 1.807) is 27.6 Å². The molecule has 0 bridgehead atoms. The number of ether oxygens (including phenoxy) is 1. The van der Waals surface area contributed by atoms with Crippen molar-refractivity contribution in [2.45, 2.75) is 18.6 Å². The lowest BCUT2D eigenvalue weighted by Gasteiger charge is -2.36. The molecule has 3 aromatic rings. The largest absolute Gasteiger partial charge is 0.467 e. The van der Waals surface area contributed by atoms with Crippen molar-refractivity contribution < 1.29 is 19.1 Å². The Morgan fingerprint density at radius 1 is 1.36 bits per heavy atom. The van der Waals surface area contributed by atoms with Crippen LogP contribution in [0.3, 0.4) is 0 Å². The average Bonchev–Trinajstić information content (AvgIpc) is 3.31. The minimum atomic E-state index is -0.779. The van der Waals surface area contributed by atoms with E-state index in [1.165, 1.54) is 6.26 Å². The van der Waals surface area contributed by atoms with Crippen LogP contribution in [0.15, 0.2) is 53.4 Å². The van der Waals surface area contributed by atoms with Crippen LogP contribution in [0.5, 0.6) is 0 Å². The number of amides is 1. The molecule has 1 aliphatic rings. The molecule has 0 saturated carbocycles. The van der Waals surface area contributed by atoms with Crippen molar-refractivity contribution >= 4 is 11.6 Å². The minimum Gasteiger partial charge on any atom is -0.467 e. The molecule has 0 spiro atoms. The van der Waals surface area contributed by atoms with Crippen molar-refractivity contribution in [1.29, 1.82) is 0 Å². The van der Waals surface area contributed by atoms with E-state index in [0.717, 1.165) is 5.65 Å². The van der Waals surface area contributed by atoms with Gasteiger partial charge >= 0.3 is 0 Å².